The van der Waals surface area contributed by atoms with Crippen LogP contribution in [0.5, 0.6) is 0 Å². The molecule has 2 aromatic heterocycles. The number of carbonyl (C=O) groups is 1. The third-order valence-corrected chi connectivity index (χ3v) is 4.49. The molecule has 0 spiro atoms. The van der Waals surface area contributed by atoms with Gasteiger partial charge in [-0.05, 0) is 24.3 Å². The lowest BCUT2D eigenvalue weighted by atomic mass is 10.0. The van der Waals surface area contributed by atoms with Gasteiger partial charge in [0.1, 0.15) is 5.65 Å². The van der Waals surface area contributed by atoms with Crippen molar-refractivity contribution in [3.8, 4) is 17.5 Å². The minimum absolute atomic E-state index is 0.208. The number of fused-ring (bicyclic) bond motifs is 1. The molecule has 3 N–H and O–H groups in total. The normalized spacial score (nSPS) is 19.6. The van der Waals surface area contributed by atoms with Crippen LogP contribution in [-0.4, -0.2) is 49.6 Å². The van der Waals surface area contributed by atoms with Gasteiger partial charge in [0.15, 0.2) is 0 Å². The molecule has 0 unspecified atom stereocenters. The number of amides is 1. The van der Waals surface area contributed by atoms with E-state index >= 15 is 0 Å². The summed E-state index contributed by atoms with van der Waals surface area (Å²) in [6, 6.07) is 9.40. The highest BCUT2D eigenvalue weighted by atomic mass is 16.3. The van der Waals surface area contributed by atoms with Crippen LogP contribution in [0.4, 0.5) is 5.95 Å². The van der Waals surface area contributed by atoms with Crippen LogP contribution < -0.4 is 5.73 Å². The van der Waals surface area contributed by atoms with Gasteiger partial charge in [0, 0.05) is 49.0 Å². The molecule has 3 heterocycles. The van der Waals surface area contributed by atoms with E-state index in [1.54, 1.807) is 13.2 Å². The molecule has 1 atom stereocenters. The second kappa shape index (κ2) is 5.86. The molecule has 0 saturated carbocycles. The van der Waals surface area contributed by atoms with Crippen molar-refractivity contribution in [1.82, 2.24) is 19.4 Å². The highest BCUT2D eigenvalue weighted by Crippen LogP contribution is 2.22. The van der Waals surface area contributed by atoms with Gasteiger partial charge in [0.05, 0.1) is 0 Å². The quantitative estimate of drug-likeness (QED) is 0.639. The van der Waals surface area contributed by atoms with Gasteiger partial charge in [-0.1, -0.05) is 17.9 Å². The highest BCUT2D eigenvalue weighted by Gasteiger charge is 2.42. The van der Waals surface area contributed by atoms with Crippen LogP contribution in [0.2, 0.25) is 0 Å². The summed E-state index contributed by atoms with van der Waals surface area (Å²) in [5, 5.41) is 11.3. The first kappa shape index (κ1) is 16.1. The van der Waals surface area contributed by atoms with E-state index in [1.807, 2.05) is 41.1 Å². The molecule has 1 saturated heterocycles. The number of likely N-dealkylation sites (tertiary alicyclic amines) is 1. The summed E-state index contributed by atoms with van der Waals surface area (Å²) in [4.78, 5) is 21.8. The van der Waals surface area contributed by atoms with E-state index < -0.39 is 5.60 Å². The number of nitrogens with two attached hydrogens (primary N) is 1. The van der Waals surface area contributed by atoms with E-state index in [-0.39, 0.29) is 11.9 Å². The van der Waals surface area contributed by atoms with Gasteiger partial charge in [-0.3, -0.25) is 4.79 Å². The van der Waals surface area contributed by atoms with Crippen LogP contribution in [0.1, 0.15) is 12.0 Å². The maximum atomic E-state index is 12.0. The molecule has 1 aliphatic heterocycles. The third-order valence-electron chi connectivity index (χ3n) is 4.49. The van der Waals surface area contributed by atoms with E-state index in [0.29, 0.717) is 24.2 Å². The number of nitrogens with zero attached hydrogens (tertiary/aromatic N) is 4. The molecule has 3 aromatic rings. The molecule has 0 radical (unpaired) electrons. The van der Waals surface area contributed by atoms with E-state index in [4.69, 9.17) is 5.73 Å². The fraction of sp³-hybridized carbons (Fsp3) is 0.211. The second-order valence-electron chi connectivity index (χ2n) is 6.33. The summed E-state index contributed by atoms with van der Waals surface area (Å²) in [5.74, 6) is 5.51. The number of likely N-dealkylation sites (N-methyl/N-ethyl adjacent to an activating group) is 1. The molecule has 4 rings (SSSR count). The summed E-state index contributed by atoms with van der Waals surface area (Å²) in [7, 11) is 1.66. The summed E-state index contributed by atoms with van der Waals surface area (Å²) in [5.41, 5.74) is 6.34. The zero-order valence-electron chi connectivity index (χ0n) is 14.2. The first-order valence-corrected chi connectivity index (χ1v) is 8.17. The number of benzene rings is 1. The zero-order valence-corrected chi connectivity index (χ0v) is 14.2. The number of hydrogen-bond donors (Lipinski definition) is 2. The lowest BCUT2D eigenvalue weighted by molar-refractivity contribution is -0.137. The van der Waals surface area contributed by atoms with Crippen LogP contribution in [0, 0.1) is 11.8 Å². The fourth-order valence-electron chi connectivity index (χ4n) is 3.02. The summed E-state index contributed by atoms with van der Waals surface area (Å²) in [6.45, 7) is 0.501. The van der Waals surface area contributed by atoms with Gasteiger partial charge in [0.2, 0.25) is 11.5 Å². The van der Waals surface area contributed by atoms with Gasteiger partial charge in [-0.2, -0.15) is 4.98 Å². The molecule has 1 fully saturated rings. The Morgan fingerprint density at radius 3 is 2.96 bits per heavy atom. The molecule has 0 bridgehead atoms. The molecule has 1 aliphatic rings. The maximum absolute atomic E-state index is 12.0. The number of rotatable bonds is 1. The Balaban J connectivity index is 1.71. The molecule has 0 aliphatic carbocycles. The predicted molar refractivity (Wildman–Crippen MR) is 97.4 cm³/mol. The zero-order chi connectivity index (χ0) is 18.3. The van der Waals surface area contributed by atoms with E-state index in [1.165, 1.54) is 4.90 Å². The Morgan fingerprint density at radius 2 is 2.19 bits per heavy atom. The molecule has 26 heavy (non-hydrogen) atoms. The van der Waals surface area contributed by atoms with Gasteiger partial charge in [-0.25, -0.2) is 4.98 Å². The van der Waals surface area contributed by atoms with Crippen molar-refractivity contribution in [2.45, 2.75) is 12.0 Å². The van der Waals surface area contributed by atoms with Gasteiger partial charge in [0.25, 0.3) is 5.91 Å². The lowest BCUT2D eigenvalue weighted by Gasteiger charge is -2.13. The van der Waals surface area contributed by atoms with Crippen LogP contribution >= 0.6 is 0 Å². The van der Waals surface area contributed by atoms with Crippen molar-refractivity contribution in [3.63, 3.8) is 0 Å². The summed E-state index contributed by atoms with van der Waals surface area (Å²) >= 11 is 0. The highest BCUT2D eigenvalue weighted by molar-refractivity contribution is 5.90. The topological polar surface area (TPSA) is 97.3 Å². The van der Waals surface area contributed by atoms with Crippen molar-refractivity contribution in [2.75, 3.05) is 19.3 Å². The van der Waals surface area contributed by atoms with Crippen molar-refractivity contribution in [1.29, 1.82) is 0 Å². The summed E-state index contributed by atoms with van der Waals surface area (Å²) in [6.07, 6.45) is 3.87. The Labute approximate surface area is 150 Å². The third kappa shape index (κ3) is 2.66. The van der Waals surface area contributed by atoms with Crippen LogP contribution in [-0.2, 0) is 4.79 Å². The molecular formula is C19H17N5O2. The molecule has 130 valence electrons. The summed E-state index contributed by atoms with van der Waals surface area (Å²) < 4.78 is 1.89. The number of aromatic nitrogens is 3. The van der Waals surface area contributed by atoms with Crippen molar-refractivity contribution in [3.05, 3.63) is 48.3 Å². The van der Waals surface area contributed by atoms with Gasteiger partial charge in [-0.15, -0.1) is 0 Å². The van der Waals surface area contributed by atoms with Crippen LogP contribution in [0.25, 0.3) is 16.7 Å². The molecule has 7 heteroatoms. The minimum Gasteiger partial charge on any atom is -0.369 e. The number of anilines is 1. The number of hydrogen-bond acceptors (Lipinski definition) is 5. The van der Waals surface area contributed by atoms with Gasteiger partial charge >= 0.3 is 0 Å². The van der Waals surface area contributed by atoms with Crippen LogP contribution in [0.3, 0.4) is 0 Å². The molecule has 7 nitrogen and oxygen atoms in total. The lowest BCUT2D eigenvalue weighted by Crippen LogP contribution is -2.37. The van der Waals surface area contributed by atoms with Gasteiger partial charge < -0.3 is 20.3 Å². The van der Waals surface area contributed by atoms with E-state index in [0.717, 1.165) is 11.1 Å². The number of aliphatic hydroxyl groups is 1. The van der Waals surface area contributed by atoms with E-state index in [9.17, 15) is 9.90 Å². The van der Waals surface area contributed by atoms with Crippen LogP contribution in [0.15, 0.2) is 42.7 Å². The van der Waals surface area contributed by atoms with Crippen molar-refractivity contribution < 1.29 is 9.90 Å². The van der Waals surface area contributed by atoms with Crippen molar-refractivity contribution >= 4 is 22.9 Å². The standard InChI is InChI=1S/C19H17N5O2/c1-23-10-8-19(26,17(23)25)7-5-13-3-2-4-15(11-13)24-9-6-14-12-21-18(20)22-16(14)24/h2-4,6,9,11-12,26H,8,10H2,1H3,(H2,20,21,22)/t19-/m0/s1. The first-order chi connectivity index (χ1) is 12.5. The minimum atomic E-state index is -1.60. The average Bonchev–Trinajstić information content (AvgIpc) is 3.17. The second-order valence-corrected chi connectivity index (χ2v) is 6.33. The SMILES string of the molecule is CN1CC[C@@](O)(C#Cc2cccc(-n3ccc4cnc(N)nc43)c2)C1=O. The Kier molecular flexibility index (Phi) is 3.63. The Hall–Kier alpha value is -3.37. The fourth-order valence-corrected chi connectivity index (χ4v) is 3.02. The average molecular weight is 347 g/mol. The first-order valence-electron chi connectivity index (χ1n) is 8.17. The Morgan fingerprint density at radius 1 is 1.35 bits per heavy atom. The molecule has 1 amide bonds. The monoisotopic (exact) mass is 347 g/mol. The Bertz CT molecular complexity index is 1080. The molecule has 1 aromatic carbocycles. The smallest absolute Gasteiger partial charge is 0.267 e. The number of carbonyl (C=O) groups excluding carboxylic acids is 1. The molecular weight excluding hydrogens is 330 g/mol. The predicted octanol–water partition coefficient (Wildman–Crippen LogP) is 0.947. The van der Waals surface area contributed by atoms with E-state index in [2.05, 4.69) is 21.8 Å². The maximum Gasteiger partial charge on any atom is 0.267 e. The number of nitrogen functional groups attached to an aromatic ring is 1. The van der Waals surface area contributed by atoms with Crippen molar-refractivity contribution in [2.24, 2.45) is 0 Å². The largest absolute Gasteiger partial charge is 0.369 e.